The molecular weight excluding hydrogens is 428 g/mol. The maximum atomic E-state index is 14.2. The molecule has 3 aromatic rings. The zero-order valence-electron chi connectivity index (χ0n) is 16.1. The monoisotopic (exact) mass is 444 g/mol. The van der Waals surface area contributed by atoms with Crippen LogP contribution in [0.25, 0.3) is 10.9 Å². The van der Waals surface area contributed by atoms with E-state index in [4.69, 9.17) is 16.3 Å². The fourth-order valence-electron chi connectivity index (χ4n) is 2.75. The second-order valence-corrected chi connectivity index (χ2v) is 7.13. The molecule has 160 valence electrons. The molecule has 0 bridgehead atoms. The van der Waals surface area contributed by atoms with E-state index in [1.165, 1.54) is 21.8 Å². The number of amides is 1. The summed E-state index contributed by atoms with van der Waals surface area (Å²) in [5.41, 5.74) is 1.92. The van der Waals surface area contributed by atoms with E-state index < -0.39 is 34.4 Å². The summed E-state index contributed by atoms with van der Waals surface area (Å²) in [4.78, 5) is 12.3. The molecule has 3 rings (SSSR count). The summed E-state index contributed by atoms with van der Waals surface area (Å²) in [6, 6.07) is 4.85. The molecule has 1 amide bonds. The van der Waals surface area contributed by atoms with Gasteiger partial charge in [0.15, 0.2) is 11.6 Å². The number of nitrogens with zero attached hydrogens (tertiary/aromatic N) is 3. The first-order chi connectivity index (χ1) is 14.0. The third-order valence-electron chi connectivity index (χ3n) is 4.20. The summed E-state index contributed by atoms with van der Waals surface area (Å²) in [5, 5.41) is 5.86. The summed E-state index contributed by atoms with van der Waals surface area (Å²) < 4.78 is 59.5. The molecule has 0 aliphatic heterocycles. The first kappa shape index (κ1) is 21.8. The number of fused-ring (bicyclic) bond motifs is 1. The first-order valence-electron chi connectivity index (χ1n) is 8.66. The highest BCUT2D eigenvalue weighted by atomic mass is 35.5. The van der Waals surface area contributed by atoms with Crippen molar-refractivity contribution in [2.45, 2.75) is 19.1 Å². The smallest absolute Gasteiger partial charge is 0.416 e. The average Bonchev–Trinajstić information content (AvgIpc) is 3.05. The van der Waals surface area contributed by atoms with E-state index in [-0.39, 0.29) is 11.7 Å². The highest BCUT2D eigenvalue weighted by Crippen LogP contribution is 2.39. The topological polar surface area (TPSA) is 59.4 Å². The van der Waals surface area contributed by atoms with Gasteiger partial charge in [0.1, 0.15) is 11.8 Å². The van der Waals surface area contributed by atoms with Crippen molar-refractivity contribution in [2.24, 2.45) is 0 Å². The standard InChI is InChI=1S/C19H17ClF4N4O2/c1-10(18(29)26-27(2)3)28-16-8-13(5-4-11(16)9-25-28)30-17-14(20)6-12(7-15(17)21)19(22,23)24/h4-10H,1-3H3,(H,26,29). The van der Waals surface area contributed by atoms with Crippen LogP contribution in [0, 0.1) is 5.82 Å². The Balaban J connectivity index is 1.94. The average molecular weight is 445 g/mol. The lowest BCUT2D eigenvalue weighted by Gasteiger charge is -2.18. The van der Waals surface area contributed by atoms with Crippen LogP contribution in [0.5, 0.6) is 11.5 Å². The Hall–Kier alpha value is -2.85. The lowest BCUT2D eigenvalue weighted by molar-refractivity contribution is -0.137. The Morgan fingerprint density at radius 1 is 1.27 bits per heavy atom. The molecule has 1 N–H and O–H groups in total. The number of rotatable bonds is 5. The number of hydrogen-bond acceptors (Lipinski definition) is 4. The van der Waals surface area contributed by atoms with Crippen molar-refractivity contribution in [1.29, 1.82) is 0 Å². The molecule has 1 aromatic heterocycles. The normalized spacial score (nSPS) is 13.0. The van der Waals surface area contributed by atoms with Crippen molar-refractivity contribution < 1.29 is 27.1 Å². The van der Waals surface area contributed by atoms with Crippen molar-refractivity contribution in [3.05, 3.63) is 52.9 Å². The lowest BCUT2D eigenvalue weighted by atomic mass is 10.2. The minimum atomic E-state index is -4.74. The van der Waals surface area contributed by atoms with Gasteiger partial charge in [-0.25, -0.2) is 9.40 Å². The molecule has 2 aromatic carbocycles. The van der Waals surface area contributed by atoms with E-state index in [2.05, 4.69) is 10.5 Å². The molecule has 6 nitrogen and oxygen atoms in total. The van der Waals surface area contributed by atoms with E-state index >= 15 is 0 Å². The largest absolute Gasteiger partial charge is 0.453 e. The summed E-state index contributed by atoms with van der Waals surface area (Å²) in [7, 11) is 3.33. The van der Waals surface area contributed by atoms with Crippen LogP contribution in [-0.4, -0.2) is 34.8 Å². The fraction of sp³-hybridized carbons (Fsp3) is 0.263. The Bertz CT molecular complexity index is 1070. The summed E-state index contributed by atoms with van der Waals surface area (Å²) in [5.74, 6) is -1.98. The number of carbonyl (C=O) groups is 1. The minimum absolute atomic E-state index is 0.116. The van der Waals surface area contributed by atoms with Crippen LogP contribution < -0.4 is 10.2 Å². The third-order valence-corrected chi connectivity index (χ3v) is 4.48. The number of halogens is 5. The Labute approximate surface area is 173 Å². The summed E-state index contributed by atoms with van der Waals surface area (Å²) in [6.07, 6.45) is -3.19. The number of carbonyl (C=O) groups excluding carboxylic acids is 1. The zero-order valence-corrected chi connectivity index (χ0v) is 16.8. The number of ether oxygens (including phenoxy) is 1. The van der Waals surface area contributed by atoms with Gasteiger partial charge in [-0.05, 0) is 31.2 Å². The van der Waals surface area contributed by atoms with E-state index in [0.29, 0.717) is 23.0 Å². The number of alkyl halides is 3. The number of nitrogens with one attached hydrogen (secondary N) is 1. The highest BCUT2D eigenvalue weighted by molar-refractivity contribution is 6.32. The zero-order chi connectivity index (χ0) is 22.2. The van der Waals surface area contributed by atoms with E-state index in [1.807, 2.05) is 0 Å². The minimum Gasteiger partial charge on any atom is -0.453 e. The maximum Gasteiger partial charge on any atom is 0.416 e. The first-order valence-corrected chi connectivity index (χ1v) is 9.04. The van der Waals surface area contributed by atoms with Gasteiger partial charge in [0.25, 0.3) is 5.91 Å². The van der Waals surface area contributed by atoms with Crippen LogP contribution in [-0.2, 0) is 11.0 Å². The molecule has 30 heavy (non-hydrogen) atoms. The second kappa shape index (κ2) is 8.11. The molecule has 0 aliphatic carbocycles. The molecule has 0 aliphatic rings. The van der Waals surface area contributed by atoms with Crippen LogP contribution in [0.15, 0.2) is 36.5 Å². The van der Waals surface area contributed by atoms with Gasteiger partial charge in [0.2, 0.25) is 0 Å². The highest BCUT2D eigenvalue weighted by Gasteiger charge is 2.32. The molecule has 1 heterocycles. The number of hydrogen-bond donors (Lipinski definition) is 1. The molecule has 0 fully saturated rings. The molecule has 0 radical (unpaired) electrons. The van der Waals surface area contributed by atoms with Crippen molar-refractivity contribution >= 4 is 28.4 Å². The van der Waals surface area contributed by atoms with Gasteiger partial charge >= 0.3 is 6.18 Å². The fourth-order valence-corrected chi connectivity index (χ4v) is 3.00. The third kappa shape index (κ3) is 4.49. The number of aromatic nitrogens is 2. The van der Waals surface area contributed by atoms with Gasteiger partial charge in [-0.1, -0.05) is 11.6 Å². The second-order valence-electron chi connectivity index (χ2n) is 6.73. The van der Waals surface area contributed by atoms with Crippen molar-refractivity contribution in [3.8, 4) is 11.5 Å². The van der Waals surface area contributed by atoms with Gasteiger partial charge in [-0.15, -0.1) is 0 Å². The van der Waals surface area contributed by atoms with Crippen LogP contribution in [0.4, 0.5) is 17.6 Å². The predicted molar refractivity (Wildman–Crippen MR) is 103 cm³/mol. The predicted octanol–water partition coefficient (Wildman–Crippen LogP) is 4.79. The molecule has 1 atom stereocenters. The number of benzene rings is 2. The van der Waals surface area contributed by atoms with Gasteiger partial charge in [0.05, 0.1) is 22.3 Å². The van der Waals surface area contributed by atoms with Crippen LogP contribution in [0.2, 0.25) is 5.02 Å². The van der Waals surface area contributed by atoms with Crippen molar-refractivity contribution in [3.63, 3.8) is 0 Å². The molecule has 0 saturated heterocycles. The summed E-state index contributed by atoms with van der Waals surface area (Å²) in [6.45, 7) is 1.64. The van der Waals surface area contributed by atoms with Crippen LogP contribution in [0.1, 0.15) is 18.5 Å². The van der Waals surface area contributed by atoms with Crippen molar-refractivity contribution in [2.75, 3.05) is 14.1 Å². The van der Waals surface area contributed by atoms with Crippen LogP contribution in [0.3, 0.4) is 0 Å². The Morgan fingerprint density at radius 3 is 2.57 bits per heavy atom. The molecular formula is C19H17ClF4N4O2. The Kier molecular flexibility index (Phi) is 5.91. The van der Waals surface area contributed by atoms with E-state index in [1.54, 1.807) is 33.3 Å². The van der Waals surface area contributed by atoms with E-state index in [9.17, 15) is 22.4 Å². The maximum absolute atomic E-state index is 14.2. The van der Waals surface area contributed by atoms with Crippen LogP contribution >= 0.6 is 11.6 Å². The van der Waals surface area contributed by atoms with Gasteiger partial charge in [-0.3, -0.25) is 14.9 Å². The quantitative estimate of drug-likeness (QED) is 0.454. The van der Waals surface area contributed by atoms with Gasteiger partial charge in [-0.2, -0.15) is 18.3 Å². The van der Waals surface area contributed by atoms with Crippen molar-refractivity contribution in [1.82, 2.24) is 20.2 Å². The molecule has 0 spiro atoms. The number of hydrazine groups is 1. The molecule has 1 unspecified atom stereocenters. The molecule has 11 heteroatoms. The SMILES string of the molecule is CC(C(=O)NN(C)C)n1ncc2ccc(Oc3c(F)cc(C(F)(F)F)cc3Cl)cc21. The summed E-state index contributed by atoms with van der Waals surface area (Å²) >= 11 is 5.82. The van der Waals surface area contributed by atoms with Gasteiger partial charge < -0.3 is 4.74 Å². The Morgan fingerprint density at radius 2 is 1.97 bits per heavy atom. The van der Waals surface area contributed by atoms with Gasteiger partial charge in [0, 0.05) is 25.5 Å². The molecule has 0 saturated carbocycles. The lowest BCUT2D eigenvalue weighted by Crippen LogP contribution is -2.40. The van der Waals surface area contributed by atoms with E-state index in [0.717, 1.165) is 0 Å².